The van der Waals surface area contributed by atoms with Crippen LogP contribution in [0.15, 0.2) is 148 Å². The lowest BCUT2D eigenvalue weighted by Crippen LogP contribution is -2.60. The van der Waals surface area contributed by atoms with E-state index in [-0.39, 0.29) is 28.5 Å². The maximum Gasteiger partial charge on any atom is 0.376 e. The van der Waals surface area contributed by atoms with Crippen LogP contribution in [-0.4, -0.2) is 11.4 Å². The summed E-state index contributed by atoms with van der Waals surface area (Å²) in [7, 11) is 0. The summed E-state index contributed by atoms with van der Waals surface area (Å²) in [4.78, 5) is 2.65. The molecule has 0 bridgehead atoms. The maximum atomic E-state index is 7.55. The van der Waals surface area contributed by atoms with E-state index < -0.39 is 0 Å². The van der Waals surface area contributed by atoms with Crippen LogP contribution < -0.4 is 15.9 Å². The summed E-state index contributed by atoms with van der Waals surface area (Å²) in [6, 6.07) is 53.1. The molecule has 352 valence electrons. The van der Waals surface area contributed by atoms with Gasteiger partial charge in [0.15, 0.2) is 0 Å². The van der Waals surface area contributed by atoms with Crippen LogP contribution in [0.3, 0.4) is 0 Å². The molecule has 15 rings (SSSR count). The van der Waals surface area contributed by atoms with Gasteiger partial charge in [-0.05, 0) is 146 Å². The number of nitrogens with zero attached hydrogens (tertiary/aromatic N) is 2. The zero-order valence-corrected chi connectivity index (χ0v) is 43.7. The minimum atomic E-state index is -0.315. The van der Waals surface area contributed by atoms with Crippen molar-refractivity contribution in [2.45, 2.75) is 104 Å². The predicted molar refractivity (Wildman–Crippen MR) is 308 cm³/mol. The minimum absolute atomic E-state index is 0.00562. The highest BCUT2D eigenvalue weighted by molar-refractivity contribution is 7.25. The molecule has 0 saturated heterocycles. The second kappa shape index (κ2) is 13.9. The molecule has 4 nitrogen and oxygen atoms in total. The van der Waals surface area contributed by atoms with Crippen LogP contribution in [0.4, 0.5) is 11.4 Å². The van der Waals surface area contributed by atoms with Gasteiger partial charge in [-0.1, -0.05) is 142 Å². The zero-order chi connectivity index (χ0) is 49.1. The van der Waals surface area contributed by atoms with Gasteiger partial charge in [0, 0.05) is 58.7 Å². The van der Waals surface area contributed by atoms with E-state index >= 15 is 0 Å². The van der Waals surface area contributed by atoms with Crippen molar-refractivity contribution in [2.75, 3.05) is 4.81 Å². The van der Waals surface area contributed by atoms with E-state index in [0.717, 1.165) is 61.0 Å². The Labute approximate surface area is 425 Å². The Morgan fingerprint density at radius 3 is 1.97 bits per heavy atom. The molecule has 2 aliphatic heterocycles. The number of rotatable bonds is 2. The van der Waals surface area contributed by atoms with E-state index in [2.05, 4.69) is 218 Å². The van der Waals surface area contributed by atoms with Crippen molar-refractivity contribution >= 4 is 116 Å². The van der Waals surface area contributed by atoms with Gasteiger partial charge in [0.1, 0.15) is 22.4 Å². The Morgan fingerprint density at radius 2 is 1.22 bits per heavy atom. The van der Waals surface area contributed by atoms with Gasteiger partial charge in [-0.25, -0.2) is 0 Å². The van der Waals surface area contributed by atoms with Crippen LogP contribution in [-0.2, 0) is 21.7 Å². The van der Waals surface area contributed by atoms with Gasteiger partial charge in [-0.3, -0.25) is 0 Å². The van der Waals surface area contributed by atoms with Crippen LogP contribution in [0.1, 0.15) is 104 Å². The number of para-hydroxylation sites is 1. The molecule has 1 aliphatic carbocycles. The molecule has 4 aromatic heterocycles. The number of aromatic nitrogens is 1. The molecule has 0 amide bonds. The summed E-state index contributed by atoms with van der Waals surface area (Å²) in [6.45, 7) is 23.3. The van der Waals surface area contributed by atoms with Crippen molar-refractivity contribution < 1.29 is 8.83 Å². The number of thiophene rings is 1. The van der Waals surface area contributed by atoms with Crippen molar-refractivity contribution in [1.29, 1.82) is 0 Å². The lowest BCUT2D eigenvalue weighted by atomic mass is 9.46. The average molecular weight is 953 g/mol. The fourth-order valence-corrected chi connectivity index (χ4v) is 14.4. The van der Waals surface area contributed by atoms with E-state index in [9.17, 15) is 0 Å². The summed E-state index contributed by atoms with van der Waals surface area (Å²) >= 11 is 1.95. The molecule has 8 aromatic carbocycles. The van der Waals surface area contributed by atoms with Gasteiger partial charge in [0.2, 0.25) is 0 Å². The molecule has 6 heteroatoms. The summed E-state index contributed by atoms with van der Waals surface area (Å²) in [6.07, 6.45) is 2.37. The quantitative estimate of drug-likeness (QED) is 0.162. The van der Waals surface area contributed by atoms with Crippen molar-refractivity contribution in [3.05, 3.63) is 162 Å². The van der Waals surface area contributed by atoms with Crippen LogP contribution in [0.5, 0.6) is 0 Å². The van der Waals surface area contributed by atoms with E-state index in [0.29, 0.717) is 0 Å². The number of furan rings is 2. The molecule has 0 saturated carbocycles. The molecule has 12 aromatic rings. The van der Waals surface area contributed by atoms with E-state index in [1.165, 1.54) is 99.4 Å². The molecule has 6 heterocycles. The molecule has 3 aliphatic rings. The first kappa shape index (κ1) is 42.6. The molecule has 0 atom stereocenters. The van der Waals surface area contributed by atoms with Gasteiger partial charge in [0.25, 0.3) is 0 Å². The normalized spacial score (nSPS) is 16.0. The highest BCUT2D eigenvalue weighted by Gasteiger charge is 2.49. The molecule has 72 heavy (non-hydrogen) atoms. The van der Waals surface area contributed by atoms with Crippen molar-refractivity contribution in [3.8, 4) is 27.9 Å². The molecule has 0 N–H and O–H groups in total. The van der Waals surface area contributed by atoms with Crippen LogP contribution in [0.2, 0.25) is 0 Å². The molecule has 0 radical (unpaired) electrons. The van der Waals surface area contributed by atoms with Crippen LogP contribution in [0, 0.1) is 0 Å². The standard InChI is InChI=1S/C66H57BN2O2S/c1-63(2,3)38-21-24-40(25-22-38)69-50-33-43-42-32-47-48(66(9,10)29-28-65(47,7)8)35-54(42)72-53(43)34-45(50)55-56-41-18-14-15-19-51(41)70-61(56)57-44-31-39(64(4,5)6)23-26-49(44)68-59-46-30-37(36-16-12-11-13-17-36)20-27-52(46)71-62(59)67(69)58(55)60(57)68/h11-27,30-35H,28-29H2,1-10H3. The highest BCUT2D eigenvalue weighted by Crippen LogP contribution is 2.55. The first-order valence-electron chi connectivity index (χ1n) is 26.0. The first-order chi connectivity index (χ1) is 34.4. The third-order valence-corrected chi connectivity index (χ3v) is 18.4. The van der Waals surface area contributed by atoms with Gasteiger partial charge in [-0.2, -0.15) is 0 Å². The predicted octanol–water partition coefficient (Wildman–Crippen LogP) is 17.6. The van der Waals surface area contributed by atoms with Crippen LogP contribution in [0.25, 0.3) is 103 Å². The Hall–Kier alpha value is -7.02. The van der Waals surface area contributed by atoms with E-state index in [1.54, 1.807) is 0 Å². The molecule has 0 spiro atoms. The summed E-state index contributed by atoms with van der Waals surface area (Å²) in [5, 5.41) is 8.43. The van der Waals surface area contributed by atoms with E-state index in [1.807, 2.05) is 11.3 Å². The van der Waals surface area contributed by atoms with Crippen molar-refractivity contribution in [3.63, 3.8) is 0 Å². The average Bonchev–Trinajstić information content (AvgIpc) is 4.12. The maximum absolute atomic E-state index is 7.55. The van der Waals surface area contributed by atoms with Gasteiger partial charge in [-0.15, -0.1) is 11.3 Å². The third-order valence-electron chi connectivity index (χ3n) is 17.3. The smallest absolute Gasteiger partial charge is 0.376 e. The van der Waals surface area contributed by atoms with Crippen LogP contribution >= 0.6 is 11.3 Å². The topological polar surface area (TPSA) is 34.5 Å². The SMILES string of the molecule is CC(C)(C)c1ccc(N2B3c4oc5ccc(-c6ccccc6)cc5c4-n4c5ccc(C(C)(C)C)cc5c5c6oc7ccccc7c6c(c3c54)-c3cc4sc5cc6c(cc5c4cc32)C(C)(C)CCC6(C)C)cc1. The summed E-state index contributed by atoms with van der Waals surface area (Å²) in [5.74, 6) is 0. The van der Waals surface area contributed by atoms with Gasteiger partial charge in [0.05, 0.1) is 22.1 Å². The Balaban J connectivity index is 1.15. The second-order valence-corrected chi connectivity index (χ2v) is 25.8. The minimum Gasteiger partial charge on any atom is -0.466 e. The first-order valence-corrected chi connectivity index (χ1v) is 26.8. The number of hydrogen-bond acceptors (Lipinski definition) is 4. The Morgan fingerprint density at radius 1 is 0.556 bits per heavy atom. The number of hydrogen-bond donors (Lipinski definition) is 0. The highest BCUT2D eigenvalue weighted by atomic mass is 32.1. The van der Waals surface area contributed by atoms with Gasteiger partial charge >= 0.3 is 6.85 Å². The number of benzene rings is 8. The van der Waals surface area contributed by atoms with Crippen molar-refractivity contribution in [2.24, 2.45) is 0 Å². The molecule has 0 fully saturated rings. The number of fused-ring (bicyclic) bond motifs is 19. The summed E-state index contributed by atoms with van der Waals surface area (Å²) in [5.41, 5.74) is 21.3. The lowest BCUT2D eigenvalue weighted by molar-refractivity contribution is 0.332. The fraction of sp³-hybridized carbons (Fsp3) is 0.242. The monoisotopic (exact) mass is 952 g/mol. The second-order valence-electron chi connectivity index (χ2n) is 24.7. The lowest BCUT2D eigenvalue weighted by Gasteiger charge is -2.42. The Kier molecular flexibility index (Phi) is 8.25. The zero-order valence-electron chi connectivity index (χ0n) is 42.9. The molecular weight excluding hydrogens is 896 g/mol. The summed E-state index contributed by atoms with van der Waals surface area (Å²) < 4.78 is 20.1. The number of anilines is 2. The van der Waals surface area contributed by atoms with Crippen molar-refractivity contribution in [1.82, 2.24) is 4.57 Å². The fourth-order valence-electron chi connectivity index (χ4n) is 13.3. The largest absolute Gasteiger partial charge is 0.466 e. The van der Waals surface area contributed by atoms with Gasteiger partial charge < -0.3 is 18.2 Å². The molecular formula is C66H57BN2O2S. The molecule has 0 unspecified atom stereocenters. The third kappa shape index (κ3) is 5.65. The Bertz CT molecular complexity index is 4350. The van der Waals surface area contributed by atoms with E-state index in [4.69, 9.17) is 8.83 Å².